The Kier molecular flexibility index (Phi) is 10.0. The number of piperidine rings is 1. The average molecular weight is 806 g/mol. The number of aromatic nitrogens is 4. The molecule has 5 N–H and O–H groups in total. The van der Waals surface area contributed by atoms with Gasteiger partial charge in [0.15, 0.2) is 5.75 Å². The summed E-state index contributed by atoms with van der Waals surface area (Å²) in [6.45, 7) is 3.95. The lowest BCUT2D eigenvalue weighted by Crippen LogP contribution is -2.52. The van der Waals surface area contributed by atoms with E-state index in [1.54, 1.807) is 17.0 Å². The standard InChI is InChI=1S/C41H40FN9O6S/c1-22(2)57-37-36(28(18-43)19-44)45-21-51-38(37)48-41(49-51)46-33-9-7-30(17-32(33)42)58(55,56)29-5-3-4-23(15-29)12-24-13-26(14-24)25-6-8-31-27(16-25)20-50(40(31)54)34-10-11-35(52)47-39(34)53/h3-9,15-19,21-22,24,26,34,43H,10-14,20,44H2,1-2H3,(H,46,49)(H,47,52,53)/b28-19+,43-18?/t24?,26?,34-/m0/s1. The Labute approximate surface area is 332 Å². The number of rotatable bonds is 12. The summed E-state index contributed by atoms with van der Waals surface area (Å²) in [5, 5.41) is 17.1. The van der Waals surface area contributed by atoms with Crippen LogP contribution in [0.15, 0.2) is 83.0 Å². The van der Waals surface area contributed by atoms with Crippen LogP contribution in [0.3, 0.4) is 0 Å². The van der Waals surface area contributed by atoms with Gasteiger partial charge in [-0.05, 0) is 104 Å². The summed E-state index contributed by atoms with van der Waals surface area (Å²) in [6, 6.07) is 15.5. The lowest BCUT2D eigenvalue weighted by molar-refractivity contribution is -0.136. The summed E-state index contributed by atoms with van der Waals surface area (Å²) in [6.07, 6.45) is 6.32. The molecule has 298 valence electrons. The third kappa shape index (κ3) is 7.17. The van der Waals surface area contributed by atoms with Crippen molar-refractivity contribution in [2.45, 2.75) is 80.4 Å². The summed E-state index contributed by atoms with van der Waals surface area (Å²) in [7, 11) is -4.07. The number of nitrogens with two attached hydrogens (primary N) is 1. The summed E-state index contributed by atoms with van der Waals surface area (Å²) >= 11 is 0. The molecule has 0 bridgehead atoms. The van der Waals surface area contributed by atoms with Crippen molar-refractivity contribution < 1.29 is 31.9 Å². The molecule has 0 unspecified atom stereocenters. The fraction of sp³-hybridized carbons (Fsp3) is 0.293. The zero-order chi connectivity index (χ0) is 40.9. The highest BCUT2D eigenvalue weighted by atomic mass is 32.2. The second-order valence-electron chi connectivity index (χ2n) is 15.0. The number of halogens is 1. The van der Waals surface area contributed by atoms with Gasteiger partial charge in [0.2, 0.25) is 33.2 Å². The molecule has 3 aliphatic rings. The molecule has 17 heteroatoms. The molecule has 0 spiro atoms. The Morgan fingerprint density at radius 2 is 1.90 bits per heavy atom. The lowest BCUT2D eigenvalue weighted by atomic mass is 9.69. The normalized spacial score (nSPS) is 19.6. The molecule has 15 nitrogen and oxygen atoms in total. The van der Waals surface area contributed by atoms with Crippen LogP contribution in [0.25, 0.3) is 11.2 Å². The highest BCUT2D eigenvalue weighted by Gasteiger charge is 2.40. The van der Waals surface area contributed by atoms with Crippen LogP contribution in [-0.4, -0.2) is 69.0 Å². The van der Waals surface area contributed by atoms with Crippen LogP contribution in [-0.2, 0) is 32.4 Å². The van der Waals surface area contributed by atoms with E-state index < -0.39 is 27.6 Å². The molecule has 5 aromatic rings. The highest BCUT2D eigenvalue weighted by Crippen LogP contribution is 2.44. The van der Waals surface area contributed by atoms with Gasteiger partial charge in [0.1, 0.15) is 23.9 Å². The Morgan fingerprint density at radius 1 is 1.10 bits per heavy atom. The van der Waals surface area contributed by atoms with Crippen LogP contribution >= 0.6 is 0 Å². The van der Waals surface area contributed by atoms with Crippen molar-refractivity contribution in [3.05, 3.63) is 107 Å². The predicted octanol–water partition coefficient (Wildman–Crippen LogP) is 5.07. The molecule has 2 fully saturated rings. The van der Waals surface area contributed by atoms with Crippen molar-refractivity contribution in [1.82, 2.24) is 29.8 Å². The van der Waals surface area contributed by atoms with Crippen LogP contribution in [0.4, 0.5) is 16.0 Å². The van der Waals surface area contributed by atoms with E-state index in [2.05, 4.69) is 25.7 Å². The first-order valence-electron chi connectivity index (χ1n) is 18.9. The summed E-state index contributed by atoms with van der Waals surface area (Å²) in [4.78, 5) is 47.3. The van der Waals surface area contributed by atoms with Gasteiger partial charge in [0.05, 0.1) is 21.6 Å². The lowest BCUT2D eigenvalue weighted by Gasteiger charge is -2.36. The molecule has 8 rings (SSSR count). The minimum atomic E-state index is -4.07. The Morgan fingerprint density at radius 3 is 2.62 bits per heavy atom. The third-order valence-corrected chi connectivity index (χ3v) is 12.5. The van der Waals surface area contributed by atoms with Crippen molar-refractivity contribution in [2.75, 3.05) is 5.32 Å². The number of fused-ring (bicyclic) bond motifs is 2. The Bertz CT molecular complexity index is 2660. The maximum absolute atomic E-state index is 15.5. The van der Waals surface area contributed by atoms with Crippen LogP contribution in [0.2, 0.25) is 0 Å². The largest absolute Gasteiger partial charge is 0.485 e. The van der Waals surface area contributed by atoms with E-state index in [4.69, 9.17) is 15.9 Å². The molecule has 2 aliphatic heterocycles. The number of carbonyl (C=O) groups is 3. The molecule has 58 heavy (non-hydrogen) atoms. The smallest absolute Gasteiger partial charge is 0.255 e. The van der Waals surface area contributed by atoms with Gasteiger partial charge in [-0.2, -0.15) is 9.50 Å². The van der Waals surface area contributed by atoms with Crippen molar-refractivity contribution >= 4 is 56.6 Å². The van der Waals surface area contributed by atoms with Gasteiger partial charge in [0, 0.05) is 36.5 Å². The van der Waals surface area contributed by atoms with E-state index in [0.29, 0.717) is 36.4 Å². The number of allylic oxidation sites excluding steroid dienone is 1. The monoisotopic (exact) mass is 805 g/mol. The van der Waals surface area contributed by atoms with Crippen LogP contribution < -0.4 is 21.1 Å². The highest BCUT2D eigenvalue weighted by molar-refractivity contribution is 7.91. The van der Waals surface area contributed by atoms with Gasteiger partial charge in [-0.3, -0.25) is 19.7 Å². The number of hydrogen-bond donors (Lipinski definition) is 4. The molecular formula is C41H40FN9O6S. The van der Waals surface area contributed by atoms with E-state index in [0.717, 1.165) is 41.8 Å². The number of imide groups is 1. The first-order valence-corrected chi connectivity index (χ1v) is 20.3. The third-order valence-electron chi connectivity index (χ3n) is 10.8. The topological polar surface area (TPSA) is 215 Å². The number of ether oxygens (including phenoxy) is 1. The zero-order valence-corrected chi connectivity index (χ0v) is 32.4. The molecule has 1 saturated heterocycles. The number of carbonyl (C=O) groups excluding carboxylic acids is 3. The number of hydrogen-bond acceptors (Lipinski definition) is 12. The summed E-state index contributed by atoms with van der Waals surface area (Å²) in [5.74, 6) is -0.946. The van der Waals surface area contributed by atoms with Crippen LogP contribution in [0.5, 0.6) is 5.75 Å². The zero-order valence-electron chi connectivity index (χ0n) is 31.6. The first-order chi connectivity index (χ1) is 27.8. The van der Waals surface area contributed by atoms with Gasteiger partial charge in [0.25, 0.3) is 5.91 Å². The summed E-state index contributed by atoms with van der Waals surface area (Å²) < 4.78 is 50.3. The number of sulfone groups is 1. The molecular weight excluding hydrogens is 766 g/mol. The quantitative estimate of drug-likeness (QED) is 0.0965. The van der Waals surface area contributed by atoms with E-state index in [1.165, 1.54) is 35.2 Å². The van der Waals surface area contributed by atoms with E-state index in [1.807, 2.05) is 38.1 Å². The predicted molar refractivity (Wildman–Crippen MR) is 211 cm³/mol. The Hall–Kier alpha value is -6.49. The van der Waals surface area contributed by atoms with Crippen molar-refractivity contribution in [3.63, 3.8) is 0 Å². The van der Waals surface area contributed by atoms with Gasteiger partial charge in [-0.15, -0.1) is 5.10 Å². The molecule has 4 heterocycles. The fourth-order valence-electron chi connectivity index (χ4n) is 7.85. The molecule has 0 radical (unpaired) electrons. The molecule has 2 aromatic heterocycles. The van der Waals surface area contributed by atoms with Gasteiger partial charge < -0.3 is 26.1 Å². The molecule has 1 atom stereocenters. The number of amides is 3. The minimum Gasteiger partial charge on any atom is -0.485 e. The van der Waals surface area contributed by atoms with Crippen molar-refractivity contribution in [2.24, 2.45) is 11.7 Å². The number of nitrogens with one attached hydrogen (secondary N) is 3. The van der Waals surface area contributed by atoms with E-state index in [9.17, 15) is 22.8 Å². The molecule has 1 saturated carbocycles. The number of nitrogens with zero attached hydrogens (tertiary/aromatic N) is 5. The molecule has 3 amide bonds. The van der Waals surface area contributed by atoms with Gasteiger partial charge >= 0.3 is 0 Å². The van der Waals surface area contributed by atoms with Crippen LogP contribution in [0, 0.1) is 17.1 Å². The van der Waals surface area contributed by atoms with E-state index in [-0.39, 0.29) is 68.8 Å². The van der Waals surface area contributed by atoms with Gasteiger partial charge in [-0.1, -0.05) is 24.3 Å². The van der Waals surface area contributed by atoms with Gasteiger partial charge in [-0.25, -0.2) is 17.8 Å². The second kappa shape index (κ2) is 15.1. The SMILES string of the molecule is CC(C)Oc1c(/C(C=N)=C/N)ncn2nc(Nc3ccc(S(=O)(=O)c4cccc(CC5CC(c6ccc7c(c6)CN([C@H]6CCC(=O)NC6=O)C7=O)C5)c4)cc3F)nc12. The fourth-order valence-corrected chi connectivity index (χ4v) is 9.19. The second-order valence-corrected chi connectivity index (χ2v) is 17.0. The number of anilines is 2. The average Bonchev–Trinajstić information content (AvgIpc) is 3.74. The minimum absolute atomic E-state index is 0.00354. The first kappa shape index (κ1) is 38.4. The van der Waals surface area contributed by atoms with E-state index >= 15 is 4.39 Å². The number of benzene rings is 3. The molecule has 3 aromatic carbocycles. The maximum atomic E-state index is 15.5. The Balaban J connectivity index is 0.920. The molecule has 1 aliphatic carbocycles. The van der Waals surface area contributed by atoms with Crippen LogP contribution in [0.1, 0.15) is 78.2 Å². The van der Waals surface area contributed by atoms with Crippen molar-refractivity contribution in [3.8, 4) is 5.75 Å². The maximum Gasteiger partial charge on any atom is 0.255 e. The summed E-state index contributed by atoms with van der Waals surface area (Å²) in [5.41, 5.74) is 9.91. The van der Waals surface area contributed by atoms with Crippen molar-refractivity contribution in [1.29, 1.82) is 5.41 Å².